The lowest BCUT2D eigenvalue weighted by Crippen LogP contribution is -2.46. The molecule has 1 unspecified atom stereocenters. The van der Waals surface area contributed by atoms with Gasteiger partial charge in [-0.15, -0.1) is 0 Å². The number of anilines is 1. The third-order valence-electron chi connectivity index (χ3n) is 5.54. The van der Waals surface area contributed by atoms with E-state index < -0.39 is 0 Å². The van der Waals surface area contributed by atoms with Crippen LogP contribution in [0.1, 0.15) is 16.7 Å². The van der Waals surface area contributed by atoms with Gasteiger partial charge in [0.25, 0.3) is 5.91 Å². The number of carbonyl (C=O) groups excluding carboxylic acids is 2. The van der Waals surface area contributed by atoms with Crippen LogP contribution < -0.4 is 15.4 Å². The maximum atomic E-state index is 12.3. The van der Waals surface area contributed by atoms with Crippen LogP contribution in [0.25, 0.3) is 11.6 Å². The number of morpholine rings is 1. The summed E-state index contributed by atoms with van der Waals surface area (Å²) in [7, 11) is 0. The van der Waals surface area contributed by atoms with Gasteiger partial charge in [-0.1, -0.05) is 41.9 Å². The molecule has 166 valence electrons. The number of benzene rings is 3. The smallest absolute Gasteiger partial charge is 0.256 e. The molecule has 2 N–H and O–H groups in total. The number of ether oxygens (including phenoxy) is 2. The Labute approximate surface area is 196 Å². The minimum Gasteiger partial charge on any atom is -0.457 e. The van der Waals surface area contributed by atoms with Crippen LogP contribution >= 0.6 is 11.6 Å². The Morgan fingerprint density at radius 3 is 2.61 bits per heavy atom. The molecule has 33 heavy (non-hydrogen) atoms. The van der Waals surface area contributed by atoms with E-state index in [0.29, 0.717) is 35.1 Å². The van der Waals surface area contributed by atoms with Gasteiger partial charge in [0.05, 0.1) is 17.7 Å². The second kappa shape index (κ2) is 9.10. The van der Waals surface area contributed by atoms with Crippen LogP contribution in [0.3, 0.4) is 0 Å². The molecule has 0 aliphatic carbocycles. The molecule has 3 aromatic carbocycles. The maximum Gasteiger partial charge on any atom is 0.256 e. The molecule has 3 aromatic rings. The number of carbonyl (C=O) groups is 2. The third-order valence-corrected chi connectivity index (χ3v) is 5.87. The van der Waals surface area contributed by atoms with Crippen LogP contribution in [0.5, 0.6) is 11.5 Å². The molecule has 0 radical (unpaired) electrons. The van der Waals surface area contributed by atoms with Crippen molar-refractivity contribution in [3.63, 3.8) is 0 Å². The molecule has 1 fully saturated rings. The summed E-state index contributed by atoms with van der Waals surface area (Å²) >= 11 is 6.49. The Hall–Kier alpha value is -3.61. The first-order valence-electron chi connectivity index (χ1n) is 10.6. The molecular formula is C26H21ClN2O4. The van der Waals surface area contributed by atoms with E-state index >= 15 is 0 Å². The lowest BCUT2D eigenvalue weighted by atomic mass is 10.0. The predicted octanol–water partition coefficient (Wildman–Crippen LogP) is 4.68. The zero-order chi connectivity index (χ0) is 22.8. The Morgan fingerprint density at radius 2 is 1.82 bits per heavy atom. The molecule has 2 heterocycles. The van der Waals surface area contributed by atoms with E-state index in [1.165, 1.54) is 0 Å². The third kappa shape index (κ3) is 4.77. The molecule has 2 aliphatic rings. The number of para-hydroxylation sites is 1. The van der Waals surface area contributed by atoms with Gasteiger partial charge in [0.1, 0.15) is 18.1 Å². The fraction of sp³-hybridized carbons (Fsp3) is 0.154. The van der Waals surface area contributed by atoms with Gasteiger partial charge in [-0.25, -0.2) is 0 Å². The first-order valence-corrected chi connectivity index (χ1v) is 11.0. The van der Waals surface area contributed by atoms with Crippen LogP contribution in [0, 0.1) is 0 Å². The van der Waals surface area contributed by atoms with Crippen molar-refractivity contribution in [2.45, 2.75) is 12.5 Å². The second-order valence-electron chi connectivity index (χ2n) is 7.97. The highest BCUT2D eigenvalue weighted by atomic mass is 35.5. The van der Waals surface area contributed by atoms with Crippen molar-refractivity contribution in [3.8, 4) is 11.5 Å². The number of rotatable bonds is 5. The molecule has 2 aliphatic heterocycles. The maximum absolute atomic E-state index is 12.3. The highest BCUT2D eigenvalue weighted by Gasteiger charge is 2.23. The van der Waals surface area contributed by atoms with Gasteiger partial charge in [-0.05, 0) is 60.0 Å². The molecular weight excluding hydrogens is 440 g/mol. The van der Waals surface area contributed by atoms with Crippen LogP contribution in [0.4, 0.5) is 5.69 Å². The van der Waals surface area contributed by atoms with Gasteiger partial charge < -0.3 is 20.1 Å². The lowest BCUT2D eigenvalue weighted by molar-refractivity contribution is -0.131. The normalized spacial score (nSPS) is 18.6. The van der Waals surface area contributed by atoms with Crippen molar-refractivity contribution in [1.29, 1.82) is 0 Å². The van der Waals surface area contributed by atoms with E-state index in [0.717, 1.165) is 22.4 Å². The molecule has 1 atom stereocenters. The van der Waals surface area contributed by atoms with Crippen molar-refractivity contribution in [3.05, 3.63) is 88.4 Å². The largest absolute Gasteiger partial charge is 0.457 e. The molecule has 0 spiro atoms. The summed E-state index contributed by atoms with van der Waals surface area (Å²) in [5.41, 5.74) is 4.05. The van der Waals surface area contributed by atoms with E-state index in [9.17, 15) is 9.59 Å². The van der Waals surface area contributed by atoms with Crippen molar-refractivity contribution < 1.29 is 19.1 Å². The Kier molecular flexibility index (Phi) is 5.86. The average molecular weight is 461 g/mol. The van der Waals surface area contributed by atoms with Crippen molar-refractivity contribution in [1.82, 2.24) is 5.32 Å². The summed E-state index contributed by atoms with van der Waals surface area (Å²) in [5, 5.41) is 6.27. The van der Waals surface area contributed by atoms with Crippen molar-refractivity contribution >= 4 is 40.8 Å². The number of amides is 2. The van der Waals surface area contributed by atoms with Gasteiger partial charge in [0.2, 0.25) is 5.91 Å². The average Bonchev–Trinajstić information content (AvgIpc) is 3.12. The van der Waals surface area contributed by atoms with E-state index in [1.54, 1.807) is 12.1 Å². The molecule has 7 heteroatoms. The predicted molar refractivity (Wildman–Crippen MR) is 127 cm³/mol. The topological polar surface area (TPSA) is 76.7 Å². The highest BCUT2D eigenvalue weighted by Crippen LogP contribution is 2.35. The van der Waals surface area contributed by atoms with Crippen LogP contribution in [-0.2, 0) is 20.7 Å². The molecule has 0 saturated carbocycles. The summed E-state index contributed by atoms with van der Waals surface area (Å²) in [6.07, 6.45) is 2.48. The molecule has 1 saturated heterocycles. The zero-order valence-corrected chi connectivity index (χ0v) is 18.4. The van der Waals surface area contributed by atoms with Crippen LogP contribution in [0.2, 0.25) is 5.02 Å². The number of hydrogen-bond donors (Lipinski definition) is 2. The van der Waals surface area contributed by atoms with Gasteiger partial charge in [0.15, 0.2) is 0 Å². The summed E-state index contributed by atoms with van der Waals surface area (Å²) in [5.74, 6) is 1.04. The van der Waals surface area contributed by atoms with Gasteiger partial charge in [0, 0.05) is 16.8 Å². The second-order valence-corrected chi connectivity index (χ2v) is 8.38. The monoisotopic (exact) mass is 460 g/mol. The standard InChI is InChI=1S/C26H21ClN2O4/c27-23-13-20(10-7-17(23)12-22-21-3-1-2-4-24(21)29-26(22)31)33-19-8-5-16(6-9-19)11-18-14-32-15-25(30)28-18/h1-10,12-13,18H,11,14-15H2,(H,28,30)(H,29,31)/b22-12-. The van der Waals surface area contributed by atoms with E-state index in [4.69, 9.17) is 21.1 Å². The quantitative estimate of drug-likeness (QED) is 0.542. The van der Waals surface area contributed by atoms with E-state index in [-0.39, 0.29) is 24.5 Å². The lowest BCUT2D eigenvalue weighted by Gasteiger charge is -2.23. The number of hydrogen-bond acceptors (Lipinski definition) is 4. The summed E-state index contributed by atoms with van der Waals surface area (Å²) in [4.78, 5) is 23.8. The first kappa shape index (κ1) is 21.2. The summed E-state index contributed by atoms with van der Waals surface area (Å²) < 4.78 is 11.2. The SMILES string of the molecule is O=C1COCC(Cc2ccc(Oc3ccc(/C=C4\C(=O)Nc5ccccc54)c(Cl)c3)cc2)N1. The summed E-state index contributed by atoms with van der Waals surface area (Å²) in [6.45, 7) is 0.639. The molecule has 6 nitrogen and oxygen atoms in total. The van der Waals surface area contributed by atoms with Crippen molar-refractivity contribution in [2.24, 2.45) is 0 Å². The van der Waals surface area contributed by atoms with Crippen LogP contribution in [-0.4, -0.2) is 31.1 Å². The highest BCUT2D eigenvalue weighted by molar-refractivity contribution is 6.37. The minimum absolute atomic E-state index is 0.0209. The fourth-order valence-corrected chi connectivity index (χ4v) is 4.18. The van der Waals surface area contributed by atoms with Gasteiger partial charge in [-0.3, -0.25) is 9.59 Å². The summed E-state index contributed by atoms with van der Waals surface area (Å²) in [6, 6.07) is 20.6. The first-order chi connectivity index (χ1) is 16.0. The van der Waals surface area contributed by atoms with E-state index in [2.05, 4.69) is 10.6 Å². The number of halogens is 1. The number of nitrogens with one attached hydrogen (secondary N) is 2. The zero-order valence-electron chi connectivity index (χ0n) is 17.6. The molecule has 5 rings (SSSR count). The number of fused-ring (bicyclic) bond motifs is 1. The molecule has 0 bridgehead atoms. The van der Waals surface area contributed by atoms with Crippen molar-refractivity contribution in [2.75, 3.05) is 18.5 Å². The van der Waals surface area contributed by atoms with Gasteiger partial charge >= 0.3 is 0 Å². The fourth-order valence-electron chi connectivity index (χ4n) is 3.96. The van der Waals surface area contributed by atoms with Gasteiger partial charge in [-0.2, -0.15) is 0 Å². The Morgan fingerprint density at radius 1 is 1.03 bits per heavy atom. The van der Waals surface area contributed by atoms with E-state index in [1.807, 2.05) is 60.7 Å². The van der Waals surface area contributed by atoms with Crippen LogP contribution in [0.15, 0.2) is 66.7 Å². The minimum atomic E-state index is -0.146. The Bertz CT molecular complexity index is 1250. The Balaban J connectivity index is 1.27. The molecule has 2 amide bonds. The molecule has 0 aromatic heterocycles.